The fourth-order valence-corrected chi connectivity index (χ4v) is 3.90. The van der Waals surface area contributed by atoms with Crippen LogP contribution in [0.3, 0.4) is 0 Å². The quantitative estimate of drug-likeness (QED) is 0.751. The average molecular weight is 398 g/mol. The summed E-state index contributed by atoms with van der Waals surface area (Å²) in [6.07, 6.45) is -2.01. The number of carbonyl (C=O) groups is 1. The highest BCUT2D eigenvalue weighted by atomic mass is 35.5. The van der Waals surface area contributed by atoms with Crippen molar-refractivity contribution in [2.45, 2.75) is 43.5 Å². The zero-order valence-corrected chi connectivity index (χ0v) is 15.1. The second-order valence-corrected chi connectivity index (χ2v) is 7.17. The number of aliphatic hydroxyl groups is 1. The van der Waals surface area contributed by atoms with Gasteiger partial charge >= 0.3 is 6.18 Å². The van der Waals surface area contributed by atoms with Crippen molar-refractivity contribution in [1.29, 1.82) is 0 Å². The van der Waals surface area contributed by atoms with Gasteiger partial charge in [-0.05, 0) is 30.5 Å². The number of hydrogen-bond acceptors (Lipinski definition) is 2. The van der Waals surface area contributed by atoms with Crippen LogP contribution in [0.1, 0.15) is 53.2 Å². The number of benzene rings is 2. The monoisotopic (exact) mass is 397 g/mol. The van der Waals surface area contributed by atoms with E-state index >= 15 is 0 Å². The number of halogens is 4. The van der Waals surface area contributed by atoms with Gasteiger partial charge in [0, 0.05) is 0 Å². The minimum absolute atomic E-state index is 0.269. The summed E-state index contributed by atoms with van der Waals surface area (Å²) in [7, 11) is 0. The maximum Gasteiger partial charge on any atom is 0.417 e. The molecule has 1 unspecified atom stereocenters. The Labute approximate surface area is 160 Å². The van der Waals surface area contributed by atoms with Crippen molar-refractivity contribution in [2.24, 2.45) is 0 Å². The summed E-state index contributed by atoms with van der Waals surface area (Å²) < 4.78 is 39.2. The lowest BCUT2D eigenvalue weighted by molar-refractivity contribution is -0.137. The third-order valence-corrected chi connectivity index (χ3v) is 5.37. The largest absolute Gasteiger partial charge is 0.417 e. The molecule has 0 spiro atoms. The Bertz CT molecular complexity index is 818. The highest BCUT2D eigenvalue weighted by molar-refractivity contribution is 6.34. The van der Waals surface area contributed by atoms with Crippen LogP contribution in [0.15, 0.2) is 48.5 Å². The van der Waals surface area contributed by atoms with Gasteiger partial charge in [-0.3, -0.25) is 4.79 Å². The van der Waals surface area contributed by atoms with Gasteiger partial charge in [0.25, 0.3) is 5.91 Å². The van der Waals surface area contributed by atoms with Crippen molar-refractivity contribution < 1.29 is 23.1 Å². The molecule has 2 N–H and O–H groups in total. The van der Waals surface area contributed by atoms with Gasteiger partial charge in [-0.1, -0.05) is 60.8 Å². The maximum atomic E-state index is 13.1. The van der Waals surface area contributed by atoms with Crippen molar-refractivity contribution in [2.75, 3.05) is 0 Å². The molecule has 3 nitrogen and oxygen atoms in total. The Hall–Kier alpha value is -2.05. The molecule has 2 aromatic rings. The van der Waals surface area contributed by atoms with E-state index in [-0.39, 0.29) is 5.56 Å². The molecule has 27 heavy (non-hydrogen) atoms. The molecule has 1 saturated carbocycles. The molecule has 1 atom stereocenters. The summed E-state index contributed by atoms with van der Waals surface area (Å²) in [5.41, 5.74) is -1.79. The highest BCUT2D eigenvalue weighted by Crippen LogP contribution is 2.41. The first-order valence-electron chi connectivity index (χ1n) is 8.66. The van der Waals surface area contributed by atoms with Gasteiger partial charge in [0.05, 0.1) is 27.8 Å². The Morgan fingerprint density at radius 3 is 2.30 bits per heavy atom. The zero-order valence-electron chi connectivity index (χ0n) is 14.4. The van der Waals surface area contributed by atoms with Crippen LogP contribution in [0.25, 0.3) is 0 Å². The molecular weight excluding hydrogens is 379 g/mol. The molecule has 0 aromatic heterocycles. The molecule has 0 bridgehead atoms. The van der Waals surface area contributed by atoms with Crippen LogP contribution in [-0.4, -0.2) is 16.6 Å². The van der Waals surface area contributed by atoms with Gasteiger partial charge in [0.1, 0.15) is 0 Å². The number of carbonyl (C=O) groups excluding carboxylic acids is 1. The van der Waals surface area contributed by atoms with Gasteiger partial charge in [-0.25, -0.2) is 0 Å². The Kier molecular flexibility index (Phi) is 5.49. The molecule has 1 aliphatic carbocycles. The molecule has 2 aromatic carbocycles. The summed E-state index contributed by atoms with van der Waals surface area (Å²) in [6.45, 7) is 0. The molecular formula is C20H19ClF3NO2. The second-order valence-electron chi connectivity index (χ2n) is 6.79. The molecule has 3 rings (SSSR count). The predicted molar refractivity (Wildman–Crippen MR) is 96.5 cm³/mol. The summed E-state index contributed by atoms with van der Waals surface area (Å²) in [5.74, 6) is -0.750. The third kappa shape index (κ3) is 4.12. The molecule has 144 valence electrons. The average Bonchev–Trinajstić information content (AvgIpc) is 3.07. The van der Waals surface area contributed by atoms with E-state index in [2.05, 4.69) is 5.32 Å². The summed E-state index contributed by atoms with van der Waals surface area (Å²) in [5, 5.41) is 13.1. The molecule has 0 heterocycles. The van der Waals surface area contributed by atoms with Crippen molar-refractivity contribution in [3.8, 4) is 0 Å². The molecule has 1 fully saturated rings. The summed E-state index contributed by atoms with van der Waals surface area (Å²) in [6, 6.07) is 11.4. The van der Waals surface area contributed by atoms with Gasteiger partial charge in [-0.15, -0.1) is 0 Å². The predicted octanol–water partition coefficient (Wildman–Crippen LogP) is 5.14. The number of hydrogen-bond donors (Lipinski definition) is 2. The van der Waals surface area contributed by atoms with Gasteiger partial charge in [-0.2, -0.15) is 13.2 Å². The first-order chi connectivity index (χ1) is 12.7. The van der Waals surface area contributed by atoms with Crippen molar-refractivity contribution >= 4 is 17.5 Å². The van der Waals surface area contributed by atoms with E-state index in [1.807, 2.05) is 6.07 Å². The molecule has 1 aliphatic rings. The van der Waals surface area contributed by atoms with E-state index in [9.17, 15) is 23.1 Å². The van der Waals surface area contributed by atoms with E-state index in [0.717, 1.165) is 25.0 Å². The van der Waals surface area contributed by atoms with Crippen molar-refractivity contribution in [1.82, 2.24) is 5.32 Å². The second kappa shape index (κ2) is 7.52. The van der Waals surface area contributed by atoms with E-state index in [1.54, 1.807) is 24.3 Å². The fourth-order valence-electron chi connectivity index (χ4n) is 3.58. The van der Waals surface area contributed by atoms with Crippen molar-refractivity contribution in [3.05, 3.63) is 70.2 Å². The van der Waals surface area contributed by atoms with Crippen molar-refractivity contribution in [3.63, 3.8) is 0 Å². The summed E-state index contributed by atoms with van der Waals surface area (Å²) >= 11 is 5.87. The molecule has 7 heteroatoms. The number of amides is 1. The Morgan fingerprint density at radius 2 is 1.70 bits per heavy atom. The van der Waals surface area contributed by atoms with Crippen LogP contribution in [-0.2, 0) is 6.18 Å². The van der Waals surface area contributed by atoms with E-state index < -0.39 is 34.3 Å². The molecule has 1 amide bonds. The first-order valence-corrected chi connectivity index (χ1v) is 9.04. The van der Waals surface area contributed by atoms with Crippen LogP contribution in [0.5, 0.6) is 0 Å². The lowest BCUT2D eigenvalue weighted by atomic mass is 9.86. The van der Waals surface area contributed by atoms with Crippen LogP contribution in [0.2, 0.25) is 5.02 Å². The highest BCUT2D eigenvalue weighted by Gasteiger charge is 2.42. The third-order valence-electron chi connectivity index (χ3n) is 4.96. The Balaban J connectivity index is 1.94. The maximum absolute atomic E-state index is 13.1. The number of rotatable bonds is 4. The number of alkyl halides is 3. The van der Waals surface area contributed by atoms with Crippen LogP contribution < -0.4 is 5.32 Å². The minimum atomic E-state index is -4.66. The van der Waals surface area contributed by atoms with E-state index in [1.165, 1.54) is 6.07 Å². The van der Waals surface area contributed by atoms with Gasteiger partial charge in [0.15, 0.2) is 0 Å². The van der Waals surface area contributed by atoms with Gasteiger partial charge in [0.2, 0.25) is 0 Å². The molecule has 0 saturated heterocycles. The SMILES string of the molecule is O=C(NC(c1ccccc1)C1(O)CCCC1)c1cccc(C(F)(F)F)c1Cl. The fraction of sp³-hybridized carbons (Fsp3) is 0.350. The minimum Gasteiger partial charge on any atom is -0.387 e. The van der Waals surface area contributed by atoms with Gasteiger partial charge < -0.3 is 10.4 Å². The zero-order chi connectivity index (χ0) is 19.7. The van der Waals surface area contributed by atoms with Crippen LogP contribution in [0, 0.1) is 0 Å². The molecule has 0 aliphatic heterocycles. The van der Waals surface area contributed by atoms with E-state index in [0.29, 0.717) is 18.4 Å². The smallest absolute Gasteiger partial charge is 0.387 e. The standard InChI is InChI=1S/C20H19ClF3NO2/c21-16-14(9-6-10-15(16)20(22,23)24)18(26)25-17(13-7-2-1-3-8-13)19(27)11-4-5-12-19/h1-3,6-10,17,27H,4-5,11-12H2,(H,25,26). The molecule has 0 radical (unpaired) electrons. The number of nitrogens with one attached hydrogen (secondary N) is 1. The lowest BCUT2D eigenvalue weighted by Gasteiger charge is -2.34. The van der Waals surface area contributed by atoms with Crippen LogP contribution in [0.4, 0.5) is 13.2 Å². The first kappa shape index (κ1) is 19.7. The topological polar surface area (TPSA) is 49.3 Å². The summed E-state index contributed by atoms with van der Waals surface area (Å²) in [4.78, 5) is 12.8. The normalized spacial score (nSPS) is 17.5. The van der Waals surface area contributed by atoms with Crippen LogP contribution >= 0.6 is 11.6 Å². The lowest BCUT2D eigenvalue weighted by Crippen LogP contribution is -2.44. The Morgan fingerprint density at radius 1 is 1.07 bits per heavy atom. The van der Waals surface area contributed by atoms with E-state index in [4.69, 9.17) is 11.6 Å².